The minimum atomic E-state index is -1.35. The molecule has 0 spiro atoms. The lowest BCUT2D eigenvalue weighted by molar-refractivity contribution is -0.148. The van der Waals surface area contributed by atoms with Crippen molar-refractivity contribution in [3.8, 4) is 12.3 Å². The number of alkyl carbamates (subject to hydrolysis) is 1. The molecule has 3 rings (SSSR count). The van der Waals surface area contributed by atoms with Gasteiger partial charge in [-0.25, -0.2) is 4.79 Å². The second-order valence-corrected chi connectivity index (χ2v) is 11.5. The summed E-state index contributed by atoms with van der Waals surface area (Å²) in [6.07, 6.45) is 5.18. The number of aliphatic hydroxyl groups excluding tert-OH is 1. The van der Waals surface area contributed by atoms with E-state index in [-0.39, 0.29) is 0 Å². The maximum Gasteiger partial charge on any atom is 0.408 e. The summed E-state index contributed by atoms with van der Waals surface area (Å²) in [5, 5.41) is 17.6. The maximum atomic E-state index is 14.1. The average Bonchev–Trinajstić information content (AvgIpc) is 2.93. The third-order valence-corrected chi connectivity index (χ3v) is 6.84. The zero-order valence-electron chi connectivity index (χ0n) is 24.5. The fourth-order valence-corrected chi connectivity index (χ4v) is 4.41. The van der Waals surface area contributed by atoms with Gasteiger partial charge in [0.2, 0.25) is 5.91 Å². The van der Waals surface area contributed by atoms with Crippen molar-refractivity contribution in [2.24, 2.45) is 0 Å². The van der Waals surface area contributed by atoms with Crippen molar-refractivity contribution in [2.45, 2.75) is 71.2 Å². The molecular weight excluding hydrogens is 518 g/mol. The minimum absolute atomic E-state index is 0.461. The molecule has 0 aliphatic heterocycles. The second kappa shape index (κ2) is 12.9. The standard InChI is InChI=1S/C33H39N3O5/c1-8-22-14-16-24(17-15-22)28(29(38)34-26-19-18-23-12-10-11-13-25(23)20-26)36(33(6,7)9-2)30(39)27(21-37)35-31(40)41-32(3,4)5/h1,10-20,27-28,37H,9,21H2,2-7H3,(H,34,38)(H,35,40). The van der Waals surface area contributed by atoms with E-state index in [2.05, 4.69) is 16.6 Å². The largest absolute Gasteiger partial charge is 0.444 e. The van der Waals surface area contributed by atoms with Gasteiger partial charge in [0.1, 0.15) is 17.7 Å². The van der Waals surface area contributed by atoms with Crippen LogP contribution in [0.4, 0.5) is 10.5 Å². The molecule has 0 bridgehead atoms. The molecule has 0 aliphatic rings. The number of hydrogen-bond acceptors (Lipinski definition) is 5. The van der Waals surface area contributed by atoms with Crippen molar-refractivity contribution in [1.29, 1.82) is 0 Å². The van der Waals surface area contributed by atoms with Crippen molar-refractivity contribution in [1.82, 2.24) is 10.2 Å². The first-order valence-electron chi connectivity index (χ1n) is 13.6. The summed E-state index contributed by atoms with van der Waals surface area (Å²) >= 11 is 0. The number of aliphatic hydroxyl groups is 1. The Hall–Kier alpha value is -4.35. The lowest BCUT2D eigenvalue weighted by Gasteiger charge is -2.44. The number of terminal acetylenes is 1. The predicted octanol–water partition coefficient (Wildman–Crippen LogP) is 5.40. The van der Waals surface area contributed by atoms with E-state index in [1.165, 1.54) is 4.90 Å². The Labute approximate surface area is 242 Å². The van der Waals surface area contributed by atoms with E-state index in [0.717, 1.165) is 10.8 Å². The first-order chi connectivity index (χ1) is 19.3. The molecule has 0 saturated carbocycles. The summed E-state index contributed by atoms with van der Waals surface area (Å²) in [7, 11) is 0. The zero-order chi connectivity index (χ0) is 30.4. The summed E-state index contributed by atoms with van der Waals surface area (Å²) in [6.45, 7) is 9.96. The normalized spacial score (nSPS) is 13.0. The van der Waals surface area contributed by atoms with Gasteiger partial charge >= 0.3 is 6.09 Å². The topological polar surface area (TPSA) is 108 Å². The van der Waals surface area contributed by atoms with Crippen molar-refractivity contribution in [2.75, 3.05) is 11.9 Å². The Bertz CT molecular complexity index is 1430. The molecule has 3 amide bonds. The van der Waals surface area contributed by atoms with Gasteiger partial charge in [-0.1, -0.05) is 55.3 Å². The second-order valence-electron chi connectivity index (χ2n) is 11.5. The maximum absolute atomic E-state index is 14.1. The van der Waals surface area contributed by atoms with Crippen LogP contribution in [0, 0.1) is 12.3 Å². The summed E-state index contributed by atoms with van der Waals surface area (Å²) in [6, 6.07) is 17.7. The van der Waals surface area contributed by atoms with Crippen LogP contribution >= 0.6 is 0 Å². The number of fused-ring (bicyclic) bond motifs is 1. The number of benzene rings is 3. The first-order valence-corrected chi connectivity index (χ1v) is 13.6. The highest BCUT2D eigenvalue weighted by atomic mass is 16.6. The van der Waals surface area contributed by atoms with Crippen LogP contribution in [0.1, 0.15) is 65.1 Å². The Morgan fingerprint density at radius 1 is 0.976 bits per heavy atom. The van der Waals surface area contributed by atoms with E-state index in [4.69, 9.17) is 11.2 Å². The molecule has 3 N–H and O–H groups in total. The zero-order valence-corrected chi connectivity index (χ0v) is 24.5. The molecule has 3 aromatic rings. The SMILES string of the molecule is C#Cc1ccc(C(C(=O)Nc2ccc3ccccc3c2)N(C(=O)C(CO)NC(=O)OC(C)(C)C)C(C)(C)CC)cc1. The van der Waals surface area contributed by atoms with E-state index >= 15 is 0 Å². The molecule has 41 heavy (non-hydrogen) atoms. The van der Waals surface area contributed by atoms with Gasteiger partial charge < -0.3 is 25.4 Å². The summed E-state index contributed by atoms with van der Waals surface area (Å²) in [4.78, 5) is 42.2. The molecule has 0 fully saturated rings. The van der Waals surface area contributed by atoms with Crippen molar-refractivity contribution in [3.05, 3.63) is 77.9 Å². The van der Waals surface area contributed by atoms with E-state index in [1.54, 1.807) is 51.1 Å². The van der Waals surface area contributed by atoms with Crippen LogP contribution in [-0.2, 0) is 14.3 Å². The minimum Gasteiger partial charge on any atom is -0.444 e. The molecule has 8 nitrogen and oxygen atoms in total. The number of carbonyl (C=O) groups excluding carboxylic acids is 3. The Morgan fingerprint density at radius 2 is 1.61 bits per heavy atom. The molecule has 0 aliphatic carbocycles. The van der Waals surface area contributed by atoms with Gasteiger partial charge in [0.05, 0.1) is 6.61 Å². The van der Waals surface area contributed by atoms with Gasteiger partial charge in [0.15, 0.2) is 0 Å². The molecule has 0 saturated heterocycles. The molecule has 2 unspecified atom stereocenters. The molecule has 3 aromatic carbocycles. The van der Waals surface area contributed by atoms with Crippen molar-refractivity contribution < 1.29 is 24.2 Å². The third kappa shape index (κ3) is 7.86. The third-order valence-electron chi connectivity index (χ3n) is 6.84. The number of anilines is 1. The highest BCUT2D eigenvalue weighted by Crippen LogP contribution is 2.33. The number of nitrogens with zero attached hydrogens (tertiary/aromatic N) is 1. The van der Waals surface area contributed by atoms with Gasteiger partial charge in [-0.15, -0.1) is 6.42 Å². The number of hydrogen-bond donors (Lipinski definition) is 3. The molecular formula is C33H39N3O5. The van der Waals surface area contributed by atoms with Crippen LogP contribution in [0.2, 0.25) is 0 Å². The van der Waals surface area contributed by atoms with Gasteiger partial charge in [-0.3, -0.25) is 9.59 Å². The fourth-order valence-electron chi connectivity index (χ4n) is 4.41. The number of ether oxygens (including phenoxy) is 1. The Morgan fingerprint density at radius 3 is 2.17 bits per heavy atom. The van der Waals surface area contributed by atoms with Crippen LogP contribution in [0.25, 0.3) is 10.8 Å². The van der Waals surface area contributed by atoms with E-state index in [9.17, 15) is 19.5 Å². The number of amides is 3. The van der Waals surface area contributed by atoms with E-state index in [0.29, 0.717) is 23.2 Å². The molecule has 8 heteroatoms. The molecule has 216 valence electrons. The smallest absolute Gasteiger partial charge is 0.408 e. The van der Waals surface area contributed by atoms with Gasteiger partial charge in [0, 0.05) is 16.8 Å². The Kier molecular flexibility index (Phi) is 9.79. The van der Waals surface area contributed by atoms with E-state index in [1.807, 2.05) is 57.2 Å². The molecule has 0 heterocycles. The quantitative estimate of drug-likeness (QED) is 0.305. The molecule has 2 atom stereocenters. The number of rotatable bonds is 9. The average molecular weight is 558 g/mol. The van der Waals surface area contributed by atoms with Gasteiger partial charge in [-0.2, -0.15) is 0 Å². The molecule has 0 radical (unpaired) electrons. The fraction of sp³-hybridized carbons (Fsp3) is 0.364. The van der Waals surface area contributed by atoms with Crippen LogP contribution in [-0.4, -0.2) is 51.7 Å². The summed E-state index contributed by atoms with van der Waals surface area (Å²) in [5.41, 5.74) is 0.0274. The van der Waals surface area contributed by atoms with Crippen LogP contribution in [0.15, 0.2) is 66.7 Å². The summed E-state index contributed by atoms with van der Waals surface area (Å²) in [5.74, 6) is 1.47. The lowest BCUT2D eigenvalue weighted by Crippen LogP contribution is -2.59. The van der Waals surface area contributed by atoms with Crippen LogP contribution in [0.3, 0.4) is 0 Å². The highest BCUT2D eigenvalue weighted by Gasteiger charge is 2.43. The first kappa shape index (κ1) is 31.2. The molecule has 0 aromatic heterocycles. The van der Waals surface area contributed by atoms with Crippen LogP contribution in [0.5, 0.6) is 0 Å². The van der Waals surface area contributed by atoms with Gasteiger partial charge in [0.25, 0.3) is 5.91 Å². The lowest BCUT2D eigenvalue weighted by atomic mass is 9.91. The number of nitrogens with one attached hydrogen (secondary N) is 2. The van der Waals surface area contributed by atoms with E-state index < -0.39 is 47.7 Å². The summed E-state index contributed by atoms with van der Waals surface area (Å²) < 4.78 is 5.31. The highest BCUT2D eigenvalue weighted by molar-refractivity contribution is 6.00. The Balaban J connectivity index is 2.08. The number of carbonyl (C=O) groups is 3. The monoisotopic (exact) mass is 557 g/mol. The van der Waals surface area contributed by atoms with Crippen molar-refractivity contribution >= 4 is 34.4 Å². The predicted molar refractivity (Wildman–Crippen MR) is 161 cm³/mol. The van der Waals surface area contributed by atoms with Gasteiger partial charge in [-0.05, 0) is 81.6 Å². The van der Waals surface area contributed by atoms with Crippen molar-refractivity contribution in [3.63, 3.8) is 0 Å². The van der Waals surface area contributed by atoms with Crippen LogP contribution < -0.4 is 10.6 Å².